The summed E-state index contributed by atoms with van der Waals surface area (Å²) in [7, 11) is 3.97. The molecule has 182 valence electrons. The van der Waals surface area contributed by atoms with Gasteiger partial charge in [-0.3, -0.25) is 4.79 Å². The van der Waals surface area contributed by atoms with Crippen LogP contribution in [0.3, 0.4) is 0 Å². The van der Waals surface area contributed by atoms with E-state index >= 15 is 0 Å². The Balaban J connectivity index is 0.00000274. The van der Waals surface area contributed by atoms with Gasteiger partial charge in [0.05, 0.1) is 11.3 Å². The molecule has 2 bridgehead atoms. The van der Waals surface area contributed by atoms with Crippen molar-refractivity contribution in [2.75, 3.05) is 7.05 Å². The van der Waals surface area contributed by atoms with E-state index in [4.69, 9.17) is 0 Å². The molecule has 0 spiro atoms. The van der Waals surface area contributed by atoms with E-state index in [1.54, 1.807) is 6.07 Å². The van der Waals surface area contributed by atoms with Crippen molar-refractivity contribution in [2.45, 2.75) is 50.2 Å². The predicted octanol–water partition coefficient (Wildman–Crippen LogP) is 5.52. The first kappa shape index (κ1) is 24.4. The summed E-state index contributed by atoms with van der Waals surface area (Å²) in [5.74, 6) is -0.513. The number of hydrogen-bond donors (Lipinski definition) is 1. The lowest BCUT2D eigenvalue weighted by Crippen LogP contribution is -2.48. The Bertz CT molecular complexity index is 1200. The van der Waals surface area contributed by atoms with Crippen LogP contribution in [0.15, 0.2) is 48.5 Å². The first-order valence-electron chi connectivity index (χ1n) is 11.2. The van der Waals surface area contributed by atoms with Gasteiger partial charge < -0.3 is 19.5 Å². The number of piperidine rings is 1. The van der Waals surface area contributed by atoms with Crippen molar-refractivity contribution in [3.8, 4) is 17.0 Å². The van der Waals surface area contributed by atoms with Crippen LogP contribution < -0.4 is 10.1 Å². The van der Waals surface area contributed by atoms with Crippen LogP contribution in [0.2, 0.25) is 0 Å². The zero-order valence-corrected chi connectivity index (χ0v) is 19.7. The molecule has 0 saturated carbocycles. The number of amides is 1. The average Bonchev–Trinajstić information content (AvgIpc) is 3.14. The van der Waals surface area contributed by atoms with Gasteiger partial charge in [-0.1, -0.05) is 30.3 Å². The molecule has 0 radical (unpaired) electrons. The SMILES string of the molecule is CN1[C@@H]2CC[C@H]1C[C@@H](NC(=O)c1c(-c3cccc(OC(F)(F)F)c3)n(C)c3ccccc13)C2.Cl. The maximum absolute atomic E-state index is 13.6. The molecular weight excluding hydrogens is 467 g/mol. The van der Waals surface area contributed by atoms with Crippen LogP contribution in [-0.4, -0.2) is 46.9 Å². The van der Waals surface area contributed by atoms with Crippen LogP contribution in [0.4, 0.5) is 13.2 Å². The third-order valence-corrected chi connectivity index (χ3v) is 7.11. The molecule has 5 rings (SSSR count). The van der Waals surface area contributed by atoms with Crippen LogP contribution >= 0.6 is 12.4 Å². The summed E-state index contributed by atoms with van der Waals surface area (Å²) >= 11 is 0. The minimum atomic E-state index is -4.79. The summed E-state index contributed by atoms with van der Waals surface area (Å²) < 4.78 is 44.4. The summed E-state index contributed by atoms with van der Waals surface area (Å²) in [5, 5.41) is 4.00. The molecule has 1 amide bonds. The molecular formula is C25H27ClF3N3O2. The third-order valence-electron chi connectivity index (χ3n) is 7.11. The highest BCUT2D eigenvalue weighted by molar-refractivity contribution is 6.13. The summed E-state index contributed by atoms with van der Waals surface area (Å²) in [6, 6.07) is 14.4. The Morgan fingerprint density at radius 2 is 1.71 bits per heavy atom. The number of ether oxygens (including phenoxy) is 1. The van der Waals surface area contributed by atoms with E-state index in [-0.39, 0.29) is 30.1 Å². The summed E-state index contributed by atoms with van der Waals surface area (Å²) in [5.41, 5.74) is 2.37. The van der Waals surface area contributed by atoms with Crippen molar-refractivity contribution < 1.29 is 22.7 Å². The van der Waals surface area contributed by atoms with Crippen LogP contribution in [-0.2, 0) is 7.05 Å². The highest BCUT2D eigenvalue weighted by atomic mass is 35.5. The minimum Gasteiger partial charge on any atom is -0.406 e. The van der Waals surface area contributed by atoms with Crippen molar-refractivity contribution >= 4 is 29.2 Å². The maximum atomic E-state index is 13.6. The lowest BCUT2D eigenvalue weighted by atomic mass is 9.97. The molecule has 2 aliphatic heterocycles. The zero-order chi connectivity index (χ0) is 23.3. The van der Waals surface area contributed by atoms with Gasteiger partial charge in [0.25, 0.3) is 5.91 Å². The van der Waals surface area contributed by atoms with Gasteiger partial charge in [-0.05, 0) is 50.9 Å². The molecule has 0 unspecified atom stereocenters. The lowest BCUT2D eigenvalue weighted by molar-refractivity contribution is -0.274. The number of hydrogen-bond acceptors (Lipinski definition) is 3. The molecule has 3 heterocycles. The van der Waals surface area contributed by atoms with Gasteiger partial charge in [-0.15, -0.1) is 25.6 Å². The maximum Gasteiger partial charge on any atom is 0.573 e. The van der Waals surface area contributed by atoms with Gasteiger partial charge in [0.1, 0.15) is 5.75 Å². The van der Waals surface area contributed by atoms with Crippen LogP contribution in [0.25, 0.3) is 22.2 Å². The van der Waals surface area contributed by atoms with Crippen molar-refractivity contribution in [2.24, 2.45) is 7.05 Å². The standard InChI is InChI=1S/C25H26F3N3O2.ClH/c1-30-17-10-11-18(30)14-16(13-17)29-24(32)22-20-8-3-4-9-21(20)31(2)23(22)15-6-5-7-19(12-15)33-25(26,27)28;/h3-9,12,16-18H,10-11,13-14H2,1-2H3,(H,29,32);1H/t16-,17+,18-;. The van der Waals surface area contributed by atoms with E-state index < -0.39 is 6.36 Å². The zero-order valence-electron chi connectivity index (χ0n) is 18.9. The lowest BCUT2D eigenvalue weighted by Gasteiger charge is -2.36. The summed E-state index contributed by atoms with van der Waals surface area (Å²) in [6.45, 7) is 0. The number of nitrogens with zero attached hydrogens (tertiary/aromatic N) is 2. The van der Waals surface area contributed by atoms with Crippen molar-refractivity contribution in [1.82, 2.24) is 14.8 Å². The molecule has 1 N–H and O–H groups in total. The number of carbonyl (C=O) groups excluding carboxylic acids is 1. The number of para-hydroxylation sites is 1. The highest BCUT2D eigenvalue weighted by Crippen LogP contribution is 2.37. The largest absolute Gasteiger partial charge is 0.573 e. The fourth-order valence-electron chi connectivity index (χ4n) is 5.59. The Kier molecular flexibility index (Phi) is 6.57. The summed E-state index contributed by atoms with van der Waals surface area (Å²) in [6.07, 6.45) is -0.662. The third kappa shape index (κ3) is 4.49. The molecule has 34 heavy (non-hydrogen) atoms. The molecule has 3 aromatic rings. The molecule has 3 atom stereocenters. The van der Waals surface area contributed by atoms with Gasteiger partial charge in [0, 0.05) is 41.6 Å². The second-order valence-electron chi connectivity index (χ2n) is 9.07. The van der Waals surface area contributed by atoms with Gasteiger partial charge in [-0.2, -0.15) is 0 Å². The van der Waals surface area contributed by atoms with Crippen molar-refractivity contribution in [3.05, 3.63) is 54.1 Å². The van der Waals surface area contributed by atoms with Crippen LogP contribution in [0.5, 0.6) is 5.75 Å². The Morgan fingerprint density at radius 1 is 1.03 bits per heavy atom. The van der Waals surface area contributed by atoms with Gasteiger partial charge in [-0.25, -0.2) is 0 Å². The predicted molar refractivity (Wildman–Crippen MR) is 127 cm³/mol. The number of alkyl halides is 3. The molecule has 1 aromatic heterocycles. The van der Waals surface area contributed by atoms with E-state index in [1.807, 2.05) is 35.9 Å². The fourth-order valence-corrected chi connectivity index (χ4v) is 5.59. The number of carbonyl (C=O) groups is 1. The van der Waals surface area contributed by atoms with Crippen LogP contribution in [0.1, 0.15) is 36.0 Å². The minimum absolute atomic E-state index is 0. The van der Waals surface area contributed by atoms with E-state index in [9.17, 15) is 18.0 Å². The van der Waals surface area contributed by atoms with Gasteiger partial charge in [0.15, 0.2) is 0 Å². The quantitative estimate of drug-likeness (QED) is 0.520. The van der Waals surface area contributed by atoms with Crippen molar-refractivity contribution in [3.63, 3.8) is 0 Å². The van der Waals surface area contributed by atoms with E-state index in [2.05, 4.69) is 22.0 Å². The number of nitrogens with one attached hydrogen (secondary N) is 1. The molecule has 2 aromatic carbocycles. The Hall–Kier alpha value is -2.71. The number of rotatable bonds is 4. The molecule has 5 nitrogen and oxygen atoms in total. The Morgan fingerprint density at radius 3 is 2.38 bits per heavy atom. The Labute approximate surface area is 202 Å². The van der Waals surface area contributed by atoms with Crippen LogP contribution in [0, 0.1) is 0 Å². The summed E-state index contributed by atoms with van der Waals surface area (Å²) in [4.78, 5) is 16.0. The highest BCUT2D eigenvalue weighted by Gasteiger charge is 2.39. The van der Waals surface area contributed by atoms with E-state index in [0.29, 0.717) is 28.9 Å². The average molecular weight is 494 g/mol. The number of fused-ring (bicyclic) bond motifs is 3. The number of halogens is 4. The second kappa shape index (κ2) is 9.15. The number of aryl methyl sites for hydroxylation is 1. The topological polar surface area (TPSA) is 46.5 Å². The first-order valence-corrected chi connectivity index (χ1v) is 11.2. The molecule has 2 fully saturated rings. The molecule has 2 saturated heterocycles. The molecule has 2 aliphatic rings. The smallest absolute Gasteiger partial charge is 0.406 e. The molecule has 9 heteroatoms. The monoisotopic (exact) mass is 493 g/mol. The second-order valence-corrected chi connectivity index (χ2v) is 9.07. The van der Waals surface area contributed by atoms with Gasteiger partial charge in [0.2, 0.25) is 0 Å². The first-order chi connectivity index (χ1) is 15.7. The molecule has 0 aliphatic carbocycles. The van der Waals surface area contributed by atoms with Crippen molar-refractivity contribution in [1.29, 1.82) is 0 Å². The van der Waals surface area contributed by atoms with E-state index in [1.165, 1.54) is 18.2 Å². The number of benzene rings is 2. The fraction of sp³-hybridized carbons (Fsp3) is 0.400. The number of aromatic nitrogens is 1. The van der Waals surface area contributed by atoms with Gasteiger partial charge >= 0.3 is 6.36 Å². The normalized spacial score (nSPS) is 22.4. The van der Waals surface area contributed by atoms with E-state index in [0.717, 1.165) is 36.6 Å².